The van der Waals surface area contributed by atoms with Crippen molar-refractivity contribution < 1.29 is 14.9 Å². The number of nitrogens with two attached hydrogens (primary N) is 1. The van der Waals surface area contributed by atoms with Crippen molar-refractivity contribution in [3.8, 4) is 0 Å². The molecule has 1 unspecified atom stereocenters. The van der Waals surface area contributed by atoms with E-state index in [9.17, 15) is 10.2 Å². The van der Waals surface area contributed by atoms with Gasteiger partial charge in [0.15, 0.2) is 6.23 Å². The van der Waals surface area contributed by atoms with E-state index in [0.29, 0.717) is 28.8 Å². The molecule has 3 fully saturated rings. The molecule has 0 saturated carbocycles. The van der Waals surface area contributed by atoms with E-state index < -0.39 is 24.5 Å². The van der Waals surface area contributed by atoms with Gasteiger partial charge >= 0.3 is 0 Å². The summed E-state index contributed by atoms with van der Waals surface area (Å²) in [5.74, 6) is 0.387. The number of anilines is 1. The molecule has 9 nitrogen and oxygen atoms in total. The van der Waals surface area contributed by atoms with Crippen molar-refractivity contribution >= 4 is 16.9 Å². The molecular weight excluding hydrogens is 372 g/mol. The maximum atomic E-state index is 10.7. The van der Waals surface area contributed by atoms with Crippen LogP contribution in [0.1, 0.15) is 31.9 Å². The van der Waals surface area contributed by atoms with Crippen LogP contribution in [0.25, 0.3) is 11.0 Å². The molecule has 2 aromatic heterocycles. The van der Waals surface area contributed by atoms with Crippen LogP contribution >= 0.6 is 0 Å². The number of rotatable bonds is 3. The van der Waals surface area contributed by atoms with E-state index in [4.69, 9.17) is 10.5 Å². The molecular formula is C20H30N6O3. The second kappa shape index (κ2) is 7.48. The lowest BCUT2D eigenvalue weighted by atomic mass is 9.74. The van der Waals surface area contributed by atoms with Crippen molar-refractivity contribution in [3.63, 3.8) is 0 Å². The van der Waals surface area contributed by atoms with Crippen LogP contribution in [0.2, 0.25) is 0 Å². The van der Waals surface area contributed by atoms with Crippen LogP contribution in [0.3, 0.4) is 0 Å². The van der Waals surface area contributed by atoms with Crippen LogP contribution in [-0.4, -0.2) is 80.7 Å². The number of aromatic nitrogens is 3. The topological polar surface area (TPSA) is 122 Å². The first-order valence-electron chi connectivity index (χ1n) is 10.6. The first kappa shape index (κ1) is 19.2. The maximum Gasteiger partial charge on any atom is 0.164 e. The van der Waals surface area contributed by atoms with Crippen LogP contribution in [0.5, 0.6) is 0 Å². The summed E-state index contributed by atoms with van der Waals surface area (Å²) in [5, 5.41) is 25.7. The van der Waals surface area contributed by atoms with E-state index in [1.54, 1.807) is 10.8 Å². The summed E-state index contributed by atoms with van der Waals surface area (Å²) in [7, 11) is 0. The van der Waals surface area contributed by atoms with Gasteiger partial charge in [-0.05, 0) is 50.3 Å². The fourth-order valence-corrected chi connectivity index (χ4v) is 5.40. The summed E-state index contributed by atoms with van der Waals surface area (Å²) in [4.78, 5) is 10.7. The minimum absolute atomic E-state index is 0.336. The number of nitrogens with one attached hydrogen (secondary N) is 1. The molecule has 29 heavy (non-hydrogen) atoms. The highest BCUT2D eigenvalue weighted by atomic mass is 16.6. The van der Waals surface area contributed by atoms with E-state index in [2.05, 4.69) is 20.2 Å². The largest absolute Gasteiger partial charge is 0.387 e. The van der Waals surface area contributed by atoms with Crippen molar-refractivity contribution in [2.24, 2.45) is 5.41 Å². The summed E-state index contributed by atoms with van der Waals surface area (Å²) in [5.41, 5.74) is 6.85. The molecule has 158 valence electrons. The Labute approximate surface area is 169 Å². The molecule has 0 aromatic carbocycles. The van der Waals surface area contributed by atoms with E-state index in [-0.39, 0.29) is 0 Å². The fourth-order valence-electron chi connectivity index (χ4n) is 5.40. The summed E-state index contributed by atoms with van der Waals surface area (Å²) in [6, 6.07) is 1.81. The Bertz CT molecular complexity index is 862. The summed E-state index contributed by atoms with van der Waals surface area (Å²) < 4.78 is 7.90. The number of likely N-dealkylation sites (tertiary alicyclic amines) is 1. The monoisotopic (exact) mass is 402 g/mol. The standard InChI is InChI=1S/C20H30N6O3/c21-17-13-3-8-26(18(13)24-12-23-17)19-16(28)15(27)14(29-19)9-25-7-2-5-20(11-25)4-1-6-22-10-20/h3,8,12,14-16,19,22,27-28H,1-2,4-7,9-11H2,(H2,21,23,24)/t14-,15-,16-,19-,20?/m1/s1. The van der Waals surface area contributed by atoms with Gasteiger partial charge in [0.05, 0.1) is 5.39 Å². The predicted molar refractivity (Wildman–Crippen MR) is 108 cm³/mol. The molecule has 3 saturated heterocycles. The number of aliphatic hydroxyl groups is 2. The third kappa shape index (κ3) is 3.40. The Hall–Kier alpha value is -1.78. The fraction of sp³-hybridized carbons (Fsp3) is 0.700. The summed E-state index contributed by atoms with van der Waals surface area (Å²) >= 11 is 0. The molecule has 0 aliphatic carbocycles. The Kier molecular flexibility index (Phi) is 4.95. The lowest BCUT2D eigenvalue weighted by Crippen LogP contribution is -2.53. The van der Waals surface area contributed by atoms with Gasteiger partial charge in [-0.2, -0.15) is 0 Å². The SMILES string of the molecule is Nc1ncnc2c1ccn2[C@@H]1O[C@H](CN2CCCC3(CCCNC3)C2)[C@@H](O)[C@H]1O. The van der Waals surface area contributed by atoms with Crippen LogP contribution < -0.4 is 11.1 Å². The van der Waals surface area contributed by atoms with Crippen molar-refractivity contribution in [2.45, 2.75) is 50.2 Å². The van der Waals surface area contributed by atoms with E-state index in [1.165, 1.54) is 25.6 Å². The van der Waals surface area contributed by atoms with Gasteiger partial charge in [-0.1, -0.05) is 0 Å². The minimum atomic E-state index is -1.03. The summed E-state index contributed by atoms with van der Waals surface area (Å²) in [6.07, 6.45) is 4.96. The number of ether oxygens (including phenoxy) is 1. The van der Waals surface area contributed by atoms with E-state index in [1.807, 2.05) is 6.07 Å². The molecule has 1 spiro atoms. The average Bonchev–Trinajstić information content (AvgIpc) is 3.26. The van der Waals surface area contributed by atoms with Gasteiger partial charge < -0.3 is 35.5 Å². The zero-order valence-corrected chi connectivity index (χ0v) is 16.6. The maximum absolute atomic E-state index is 10.7. The van der Waals surface area contributed by atoms with Gasteiger partial charge in [0.25, 0.3) is 0 Å². The van der Waals surface area contributed by atoms with Crippen LogP contribution in [-0.2, 0) is 4.74 Å². The van der Waals surface area contributed by atoms with Gasteiger partial charge in [0.1, 0.15) is 36.1 Å². The molecule has 5 heterocycles. The smallest absolute Gasteiger partial charge is 0.164 e. The van der Waals surface area contributed by atoms with Crippen LogP contribution in [0, 0.1) is 5.41 Å². The Morgan fingerprint density at radius 2 is 2.10 bits per heavy atom. The number of nitrogens with zero attached hydrogens (tertiary/aromatic N) is 4. The zero-order valence-electron chi connectivity index (χ0n) is 16.6. The highest BCUT2D eigenvalue weighted by Gasteiger charge is 2.46. The molecule has 0 radical (unpaired) electrons. The van der Waals surface area contributed by atoms with Crippen molar-refractivity contribution in [3.05, 3.63) is 18.6 Å². The average molecular weight is 402 g/mol. The normalized spacial score (nSPS) is 36.2. The third-order valence-electron chi connectivity index (χ3n) is 6.89. The lowest BCUT2D eigenvalue weighted by Gasteiger charge is -2.46. The number of hydrogen-bond acceptors (Lipinski definition) is 8. The van der Waals surface area contributed by atoms with Crippen LogP contribution in [0.4, 0.5) is 5.82 Å². The third-order valence-corrected chi connectivity index (χ3v) is 6.89. The van der Waals surface area contributed by atoms with Gasteiger partial charge in [0, 0.05) is 25.8 Å². The van der Waals surface area contributed by atoms with Gasteiger partial charge in [-0.15, -0.1) is 0 Å². The number of aliphatic hydroxyl groups excluding tert-OH is 2. The molecule has 5 N–H and O–H groups in total. The molecule has 5 atom stereocenters. The Balaban J connectivity index is 1.31. The molecule has 3 aliphatic heterocycles. The van der Waals surface area contributed by atoms with Gasteiger partial charge in [-0.3, -0.25) is 0 Å². The minimum Gasteiger partial charge on any atom is -0.387 e. The Morgan fingerprint density at radius 3 is 2.93 bits per heavy atom. The van der Waals surface area contributed by atoms with E-state index >= 15 is 0 Å². The van der Waals surface area contributed by atoms with Crippen molar-refractivity contribution in [1.29, 1.82) is 0 Å². The number of nitrogen functional groups attached to an aromatic ring is 1. The number of fused-ring (bicyclic) bond motifs is 1. The molecule has 0 amide bonds. The van der Waals surface area contributed by atoms with E-state index in [0.717, 1.165) is 32.6 Å². The first-order valence-corrected chi connectivity index (χ1v) is 10.6. The second-order valence-electron chi connectivity index (χ2n) is 8.88. The molecule has 3 aliphatic rings. The molecule has 0 bridgehead atoms. The number of piperidine rings is 2. The Morgan fingerprint density at radius 1 is 1.24 bits per heavy atom. The first-order chi connectivity index (χ1) is 14.1. The van der Waals surface area contributed by atoms with Gasteiger partial charge in [0.2, 0.25) is 0 Å². The second-order valence-corrected chi connectivity index (χ2v) is 8.88. The van der Waals surface area contributed by atoms with Crippen molar-refractivity contribution in [2.75, 3.05) is 38.5 Å². The zero-order chi connectivity index (χ0) is 20.0. The highest BCUT2D eigenvalue weighted by molar-refractivity contribution is 5.86. The highest BCUT2D eigenvalue weighted by Crippen LogP contribution is 2.38. The molecule has 5 rings (SSSR count). The summed E-state index contributed by atoms with van der Waals surface area (Å²) in [6.45, 7) is 4.82. The predicted octanol–water partition coefficient (Wildman–Crippen LogP) is 0.0983. The quantitative estimate of drug-likeness (QED) is 0.570. The van der Waals surface area contributed by atoms with Crippen LogP contribution in [0.15, 0.2) is 18.6 Å². The van der Waals surface area contributed by atoms with Crippen molar-refractivity contribution in [1.82, 2.24) is 24.8 Å². The number of hydrogen-bond donors (Lipinski definition) is 4. The molecule has 9 heteroatoms. The van der Waals surface area contributed by atoms with Gasteiger partial charge in [-0.25, -0.2) is 9.97 Å². The molecule has 2 aromatic rings. The lowest BCUT2D eigenvalue weighted by molar-refractivity contribution is -0.0531.